The van der Waals surface area contributed by atoms with Gasteiger partial charge in [0.2, 0.25) is 0 Å². The van der Waals surface area contributed by atoms with E-state index in [-0.39, 0.29) is 21.8 Å². The number of anilines is 1. The number of nitrogens with zero attached hydrogens (tertiary/aromatic N) is 5. The molecule has 1 aromatic carbocycles. The van der Waals surface area contributed by atoms with E-state index < -0.39 is 11.4 Å². The molecule has 1 spiro atoms. The van der Waals surface area contributed by atoms with Crippen molar-refractivity contribution in [1.82, 2.24) is 29.6 Å². The highest BCUT2D eigenvalue weighted by atomic mass is 35.5. The van der Waals surface area contributed by atoms with Crippen LogP contribution in [0.2, 0.25) is 5.02 Å². The van der Waals surface area contributed by atoms with Crippen LogP contribution in [0.1, 0.15) is 50.2 Å². The molecular formula is C26H28ClN7O2S3. The number of thiazole rings is 1. The van der Waals surface area contributed by atoms with Gasteiger partial charge in [0.05, 0.1) is 51.9 Å². The zero-order valence-electron chi connectivity index (χ0n) is 21.7. The third kappa shape index (κ3) is 5.07. The van der Waals surface area contributed by atoms with Crippen LogP contribution in [0.5, 0.6) is 0 Å². The molecule has 9 nitrogen and oxygen atoms in total. The van der Waals surface area contributed by atoms with Crippen LogP contribution in [0.3, 0.4) is 0 Å². The molecule has 0 saturated carbocycles. The molecule has 204 valence electrons. The van der Waals surface area contributed by atoms with Crippen LogP contribution < -0.4 is 15.2 Å². The van der Waals surface area contributed by atoms with Crippen LogP contribution in [0.4, 0.5) is 5.82 Å². The minimum Gasteiger partial charge on any atom is -0.598 e. The van der Waals surface area contributed by atoms with Crippen molar-refractivity contribution in [2.24, 2.45) is 5.41 Å². The van der Waals surface area contributed by atoms with Gasteiger partial charge in [-0.05, 0) is 52.2 Å². The quantitative estimate of drug-likeness (QED) is 0.307. The first kappa shape index (κ1) is 27.0. The maximum Gasteiger partial charge on any atom is 0.260 e. The molecule has 4 heterocycles. The molecule has 2 aliphatic rings. The van der Waals surface area contributed by atoms with Crippen LogP contribution in [-0.2, 0) is 17.8 Å². The highest BCUT2D eigenvalue weighted by Crippen LogP contribution is 2.53. The third-order valence-electron chi connectivity index (χ3n) is 7.47. The van der Waals surface area contributed by atoms with Crippen molar-refractivity contribution in [3.63, 3.8) is 0 Å². The number of hydrogen-bond acceptors (Lipinski definition) is 10. The number of benzene rings is 1. The van der Waals surface area contributed by atoms with E-state index >= 15 is 0 Å². The first-order valence-corrected chi connectivity index (χ1v) is 15.9. The Morgan fingerprint density at radius 3 is 2.72 bits per heavy atom. The molecule has 6 rings (SSSR count). The first-order valence-electron chi connectivity index (χ1n) is 12.7. The Labute approximate surface area is 242 Å². The SMILES string of the molecule is CC(C)(C)[S+]([O-])NC1c2scnc2CC12CCN(c1cnc(Sc3ccc4nc[nH]c(=O)c4c3Cl)cn1)CC2. The molecule has 0 bridgehead atoms. The van der Waals surface area contributed by atoms with Crippen LogP contribution in [0, 0.1) is 5.41 Å². The van der Waals surface area contributed by atoms with Gasteiger partial charge in [0.1, 0.15) is 15.6 Å². The molecule has 2 unspecified atom stereocenters. The average molecular weight is 602 g/mol. The Bertz CT molecular complexity index is 1560. The summed E-state index contributed by atoms with van der Waals surface area (Å²) >= 11 is 8.40. The van der Waals surface area contributed by atoms with E-state index in [4.69, 9.17) is 16.6 Å². The molecule has 0 radical (unpaired) electrons. The Morgan fingerprint density at radius 1 is 1.21 bits per heavy atom. The number of aromatic amines is 1. The normalized spacial score (nSPS) is 19.5. The van der Waals surface area contributed by atoms with Crippen molar-refractivity contribution in [1.29, 1.82) is 0 Å². The minimum atomic E-state index is -1.16. The fourth-order valence-corrected chi connectivity index (χ4v) is 8.42. The van der Waals surface area contributed by atoms with Gasteiger partial charge in [0.15, 0.2) is 0 Å². The fourth-order valence-electron chi connectivity index (χ4n) is 5.29. The predicted octanol–water partition coefficient (Wildman–Crippen LogP) is 4.91. The molecule has 0 amide bonds. The van der Waals surface area contributed by atoms with Gasteiger partial charge in [-0.1, -0.05) is 23.4 Å². The first-order chi connectivity index (χ1) is 18.6. The van der Waals surface area contributed by atoms with Gasteiger partial charge in [0, 0.05) is 39.6 Å². The summed E-state index contributed by atoms with van der Waals surface area (Å²) < 4.78 is 16.2. The van der Waals surface area contributed by atoms with E-state index in [1.165, 1.54) is 23.0 Å². The van der Waals surface area contributed by atoms with Crippen molar-refractivity contribution in [3.8, 4) is 0 Å². The summed E-state index contributed by atoms with van der Waals surface area (Å²) in [4.78, 5) is 37.1. The van der Waals surface area contributed by atoms with E-state index in [9.17, 15) is 9.35 Å². The minimum absolute atomic E-state index is 0.00437. The summed E-state index contributed by atoms with van der Waals surface area (Å²) in [5.74, 6) is 0.827. The molecule has 1 aliphatic carbocycles. The number of fused-ring (bicyclic) bond motifs is 2. The van der Waals surface area contributed by atoms with Gasteiger partial charge in [-0.25, -0.2) is 19.9 Å². The second-order valence-corrected chi connectivity index (χ2v) is 15.3. The highest BCUT2D eigenvalue weighted by Gasteiger charge is 2.52. The summed E-state index contributed by atoms with van der Waals surface area (Å²) in [7, 11) is 0. The lowest BCUT2D eigenvalue weighted by Crippen LogP contribution is -2.49. The Balaban J connectivity index is 1.15. The van der Waals surface area contributed by atoms with Crippen LogP contribution in [0.25, 0.3) is 10.9 Å². The van der Waals surface area contributed by atoms with Crippen molar-refractivity contribution in [3.05, 3.63) is 62.3 Å². The van der Waals surface area contributed by atoms with Gasteiger partial charge < -0.3 is 14.4 Å². The van der Waals surface area contributed by atoms with E-state index in [1.54, 1.807) is 29.8 Å². The number of piperidine rings is 1. The zero-order chi connectivity index (χ0) is 27.4. The lowest BCUT2D eigenvalue weighted by molar-refractivity contribution is 0.176. The van der Waals surface area contributed by atoms with Gasteiger partial charge in [-0.15, -0.1) is 16.1 Å². The third-order valence-corrected chi connectivity index (χ3v) is 11.5. The Hall–Kier alpha value is -2.22. The fraction of sp³-hybridized carbons (Fsp3) is 0.423. The van der Waals surface area contributed by atoms with Gasteiger partial charge >= 0.3 is 0 Å². The standard InChI is InChI=1S/C26H28ClN7O2S3/c1-25(2,3)39(36)33-23-22-16(32-14-37-22)10-26(23)6-8-34(9-7-26)18-11-29-19(12-28-18)38-17-5-4-15-20(21(17)27)24(35)31-13-30-15/h4-5,11-14,23,33H,6-10H2,1-3H3,(H,30,31,35). The number of aromatic nitrogens is 5. The molecule has 13 heteroatoms. The molecule has 1 aliphatic heterocycles. The van der Waals surface area contributed by atoms with Gasteiger partial charge in [0.25, 0.3) is 5.56 Å². The van der Waals surface area contributed by atoms with Crippen molar-refractivity contribution < 1.29 is 4.55 Å². The molecule has 4 aromatic rings. The summed E-state index contributed by atoms with van der Waals surface area (Å²) in [5.41, 5.74) is 3.31. The number of hydrogen-bond donors (Lipinski definition) is 2. The average Bonchev–Trinajstić information content (AvgIpc) is 3.46. The Kier molecular flexibility index (Phi) is 7.13. The largest absolute Gasteiger partial charge is 0.598 e. The van der Waals surface area contributed by atoms with E-state index in [0.29, 0.717) is 21.0 Å². The number of halogens is 1. The second-order valence-electron chi connectivity index (χ2n) is 10.9. The van der Waals surface area contributed by atoms with Crippen molar-refractivity contribution >= 4 is 62.8 Å². The molecule has 1 saturated heterocycles. The number of H-pyrrole nitrogens is 1. The summed E-state index contributed by atoms with van der Waals surface area (Å²) in [5, 5.41) is 1.41. The predicted molar refractivity (Wildman–Crippen MR) is 157 cm³/mol. The zero-order valence-corrected chi connectivity index (χ0v) is 24.9. The Morgan fingerprint density at radius 2 is 2.00 bits per heavy atom. The smallest absolute Gasteiger partial charge is 0.260 e. The van der Waals surface area contributed by atoms with Gasteiger partial charge in [-0.3, -0.25) is 4.79 Å². The molecule has 3 aromatic heterocycles. The number of rotatable bonds is 5. The monoisotopic (exact) mass is 601 g/mol. The maximum absolute atomic E-state index is 13.1. The molecule has 2 N–H and O–H groups in total. The summed E-state index contributed by atoms with van der Waals surface area (Å²) in [6, 6.07) is 3.66. The molecule has 39 heavy (non-hydrogen) atoms. The van der Waals surface area contributed by atoms with Crippen molar-refractivity contribution in [2.75, 3.05) is 18.0 Å². The van der Waals surface area contributed by atoms with E-state index in [2.05, 4.69) is 29.6 Å². The van der Waals surface area contributed by atoms with E-state index in [1.807, 2.05) is 32.3 Å². The summed E-state index contributed by atoms with van der Waals surface area (Å²) in [6.07, 6.45) is 7.70. The topological polar surface area (TPSA) is 123 Å². The number of nitrogens with one attached hydrogen (secondary N) is 2. The molecular weight excluding hydrogens is 574 g/mol. The molecule has 1 fully saturated rings. The van der Waals surface area contributed by atoms with Crippen LogP contribution in [0.15, 0.2) is 51.1 Å². The van der Waals surface area contributed by atoms with Crippen molar-refractivity contribution in [2.45, 2.75) is 60.7 Å². The second kappa shape index (κ2) is 10.3. The van der Waals surface area contributed by atoms with E-state index in [0.717, 1.165) is 48.8 Å². The summed E-state index contributed by atoms with van der Waals surface area (Å²) in [6.45, 7) is 7.67. The molecule has 2 atom stereocenters. The maximum atomic E-state index is 13.1. The lowest BCUT2D eigenvalue weighted by Gasteiger charge is -2.43. The van der Waals surface area contributed by atoms with Gasteiger partial charge in [-0.2, -0.15) is 0 Å². The van der Waals surface area contributed by atoms with Crippen LogP contribution >= 0.6 is 34.7 Å². The highest BCUT2D eigenvalue weighted by molar-refractivity contribution is 7.99. The lowest BCUT2D eigenvalue weighted by atomic mass is 9.74. The van der Waals surface area contributed by atoms with Crippen LogP contribution in [-0.4, -0.2) is 47.3 Å².